The van der Waals surface area contributed by atoms with Crippen molar-refractivity contribution < 1.29 is 9.53 Å². The molecule has 0 aliphatic carbocycles. The number of aryl methyl sites for hydroxylation is 1. The Morgan fingerprint density at radius 1 is 1.48 bits per heavy atom. The average Bonchev–Trinajstić information content (AvgIpc) is 2.81. The number of nitrogens with zero attached hydrogens (tertiary/aromatic N) is 1. The Hall–Kier alpha value is -1.86. The quantitative estimate of drug-likeness (QED) is 0.447. The molecule has 112 valence electrons. The number of nitrogens with two attached hydrogens (primary N) is 1. The first kappa shape index (κ1) is 15.5. The molecular formula is C14H17BrN4O2. The normalized spacial score (nSPS) is 10.8. The highest BCUT2D eigenvalue weighted by molar-refractivity contribution is 9.10. The number of nitrogens with one attached hydrogen (secondary N) is 2. The first-order valence-electron chi connectivity index (χ1n) is 6.46. The monoisotopic (exact) mass is 352 g/mol. The van der Waals surface area contributed by atoms with E-state index in [1.54, 1.807) is 6.92 Å². The van der Waals surface area contributed by atoms with E-state index in [-0.39, 0.29) is 12.0 Å². The van der Waals surface area contributed by atoms with Crippen LogP contribution in [0, 0.1) is 6.92 Å². The first-order chi connectivity index (χ1) is 9.93. The molecule has 0 aliphatic rings. The van der Waals surface area contributed by atoms with Crippen LogP contribution in [0.1, 0.15) is 29.9 Å². The summed E-state index contributed by atoms with van der Waals surface area (Å²) in [5.41, 5.74) is 4.57. The van der Waals surface area contributed by atoms with Crippen molar-refractivity contribution in [2.24, 2.45) is 5.84 Å². The fourth-order valence-electron chi connectivity index (χ4n) is 1.99. The summed E-state index contributed by atoms with van der Waals surface area (Å²) in [5.74, 6) is 5.58. The fraction of sp³-hybridized carbons (Fsp3) is 0.286. The summed E-state index contributed by atoms with van der Waals surface area (Å²) in [6, 6.07) is 5.56. The minimum Gasteiger partial charge on any atom is -0.490 e. The van der Waals surface area contributed by atoms with Crippen LogP contribution in [0.2, 0.25) is 0 Å². The van der Waals surface area contributed by atoms with Crippen LogP contribution < -0.4 is 16.0 Å². The molecule has 1 heterocycles. The van der Waals surface area contributed by atoms with Gasteiger partial charge in [0, 0.05) is 11.3 Å². The molecule has 0 fully saturated rings. The van der Waals surface area contributed by atoms with Crippen LogP contribution >= 0.6 is 15.9 Å². The number of carbonyl (C=O) groups excluding carboxylic acids is 1. The van der Waals surface area contributed by atoms with Gasteiger partial charge in [0.1, 0.15) is 11.4 Å². The third kappa shape index (κ3) is 3.25. The van der Waals surface area contributed by atoms with Gasteiger partial charge < -0.3 is 4.74 Å². The predicted molar refractivity (Wildman–Crippen MR) is 83.9 cm³/mol. The highest BCUT2D eigenvalue weighted by atomic mass is 79.9. The molecule has 4 N–H and O–H groups in total. The van der Waals surface area contributed by atoms with E-state index in [0.29, 0.717) is 17.0 Å². The Morgan fingerprint density at radius 3 is 2.76 bits per heavy atom. The maximum absolute atomic E-state index is 11.9. The van der Waals surface area contributed by atoms with Gasteiger partial charge in [0.15, 0.2) is 0 Å². The van der Waals surface area contributed by atoms with Crippen LogP contribution in [0.5, 0.6) is 5.75 Å². The number of ether oxygens (including phenoxy) is 1. The van der Waals surface area contributed by atoms with E-state index >= 15 is 0 Å². The van der Waals surface area contributed by atoms with Crippen molar-refractivity contribution in [1.29, 1.82) is 0 Å². The van der Waals surface area contributed by atoms with Gasteiger partial charge in [-0.25, -0.2) is 5.84 Å². The van der Waals surface area contributed by atoms with Gasteiger partial charge in [-0.3, -0.25) is 15.3 Å². The summed E-state index contributed by atoms with van der Waals surface area (Å²) in [6.07, 6.45) is 0.0818. The van der Waals surface area contributed by atoms with Crippen LogP contribution in [-0.2, 0) is 0 Å². The van der Waals surface area contributed by atoms with E-state index < -0.39 is 0 Å². The molecule has 2 rings (SSSR count). The molecular weight excluding hydrogens is 336 g/mol. The number of rotatable bonds is 4. The van der Waals surface area contributed by atoms with Gasteiger partial charge in [-0.2, -0.15) is 5.10 Å². The van der Waals surface area contributed by atoms with Gasteiger partial charge in [-0.15, -0.1) is 0 Å². The molecule has 1 aromatic heterocycles. The molecule has 7 heteroatoms. The van der Waals surface area contributed by atoms with Crippen LogP contribution in [0.4, 0.5) is 0 Å². The van der Waals surface area contributed by atoms with E-state index in [2.05, 4.69) is 31.6 Å². The molecule has 0 bridgehead atoms. The summed E-state index contributed by atoms with van der Waals surface area (Å²) in [7, 11) is 0. The van der Waals surface area contributed by atoms with Crippen molar-refractivity contribution >= 4 is 21.8 Å². The minimum atomic E-state index is -0.380. The smallest absolute Gasteiger partial charge is 0.269 e. The predicted octanol–water partition coefficient (Wildman–Crippen LogP) is 2.54. The van der Waals surface area contributed by atoms with Crippen molar-refractivity contribution in [3.8, 4) is 17.0 Å². The van der Waals surface area contributed by atoms with E-state index in [1.165, 1.54) is 0 Å². The third-order valence-corrected chi connectivity index (χ3v) is 3.49. The van der Waals surface area contributed by atoms with E-state index in [1.807, 2.05) is 32.0 Å². The van der Waals surface area contributed by atoms with Gasteiger partial charge in [-0.05, 0) is 54.9 Å². The largest absolute Gasteiger partial charge is 0.490 e. The van der Waals surface area contributed by atoms with Gasteiger partial charge in [-0.1, -0.05) is 0 Å². The van der Waals surface area contributed by atoms with Crippen molar-refractivity contribution in [3.05, 3.63) is 33.9 Å². The number of amides is 1. The molecule has 1 aromatic carbocycles. The zero-order valence-corrected chi connectivity index (χ0v) is 13.6. The zero-order valence-electron chi connectivity index (χ0n) is 12.0. The number of aromatic nitrogens is 2. The molecule has 0 atom stereocenters. The Morgan fingerprint density at radius 2 is 2.19 bits per heavy atom. The molecule has 6 nitrogen and oxygen atoms in total. The van der Waals surface area contributed by atoms with Crippen molar-refractivity contribution in [2.45, 2.75) is 26.9 Å². The van der Waals surface area contributed by atoms with Crippen LogP contribution in [0.25, 0.3) is 11.3 Å². The summed E-state index contributed by atoms with van der Waals surface area (Å²) in [4.78, 5) is 11.9. The SMILES string of the molecule is Cc1[nH]nc(-c2ccc(OC(C)C)c(Br)c2)c1C(=O)NN. The lowest BCUT2D eigenvalue weighted by atomic mass is 10.1. The van der Waals surface area contributed by atoms with Crippen molar-refractivity contribution in [1.82, 2.24) is 15.6 Å². The molecule has 0 unspecified atom stereocenters. The lowest BCUT2D eigenvalue weighted by Crippen LogP contribution is -2.30. The molecule has 0 aliphatic heterocycles. The first-order valence-corrected chi connectivity index (χ1v) is 7.25. The van der Waals surface area contributed by atoms with Gasteiger partial charge in [0.05, 0.1) is 16.1 Å². The number of halogens is 1. The summed E-state index contributed by atoms with van der Waals surface area (Å²) >= 11 is 3.47. The Kier molecular flexibility index (Phi) is 4.64. The number of hydrogen-bond donors (Lipinski definition) is 3. The summed E-state index contributed by atoms with van der Waals surface area (Å²) < 4.78 is 6.47. The maximum Gasteiger partial charge on any atom is 0.269 e. The molecule has 1 amide bonds. The number of nitrogen functional groups attached to an aromatic ring is 1. The summed E-state index contributed by atoms with van der Waals surface area (Å²) in [5, 5.41) is 6.99. The third-order valence-electron chi connectivity index (χ3n) is 2.87. The molecule has 0 spiro atoms. The molecule has 21 heavy (non-hydrogen) atoms. The number of aromatic amines is 1. The number of benzene rings is 1. The topological polar surface area (TPSA) is 93.0 Å². The Balaban J connectivity index is 2.44. The summed E-state index contributed by atoms with van der Waals surface area (Å²) in [6.45, 7) is 5.69. The average molecular weight is 353 g/mol. The molecule has 2 aromatic rings. The van der Waals surface area contributed by atoms with Gasteiger partial charge >= 0.3 is 0 Å². The highest BCUT2D eigenvalue weighted by Crippen LogP contribution is 2.32. The van der Waals surface area contributed by atoms with Gasteiger partial charge in [0.2, 0.25) is 0 Å². The Labute approximate surface area is 131 Å². The minimum absolute atomic E-state index is 0.0818. The molecule has 0 radical (unpaired) electrons. The van der Waals surface area contributed by atoms with E-state index in [9.17, 15) is 4.79 Å². The lowest BCUT2D eigenvalue weighted by Gasteiger charge is -2.12. The second kappa shape index (κ2) is 6.28. The highest BCUT2D eigenvalue weighted by Gasteiger charge is 2.19. The van der Waals surface area contributed by atoms with Gasteiger partial charge in [0.25, 0.3) is 5.91 Å². The second-order valence-electron chi connectivity index (χ2n) is 4.86. The fourth-order valence-corrected chi connectivity index (χ4v) is 2.46. The van der Waals surface area contributed by atoms with E-state index in [4.69, 9.17) is 10.6 Å². The molecule has 0 saturated carbocycles. The number of hydrazine groups is 1. The number of carbonyl (C=O) groups is 1. The lowest BCUT2D eigenvalue weighted by molar-refractivity contribution is 0.0954. The molecule has 0 saturated heterocycles. The maximum atomic E-state index is 11.9. The van der Waals surface area contributed by atoms with Crippen molar-refractivity contribution in [3.63, 3.8) is 0 Å². The van der Waals surface area contributed by atoms with Crippen LogP contribution in [0.15, 0.2) is 22.7 Å². The number of hydrogen-bond acceptors (Lipinski definition) is 4. The Bertz CT molecular complexity index is 667. The zero-order chi connectivity index (χ0) is 15.6. The second-order valence-corrected chi connectivity index (χ2v) is 5.71. The van der Waals surface area contributed by atoms with Crippen molar-refractivity contribution in [2.75, 3.05) is 0 Å². The van der Waals surface area contributed by atoms with Crippen LogP contribution in [-0.4, -0.2) is 22.2 Å². The van der Waals surface area contributed by atoms with Crippen LogP contribution in [0.3, 0.4) is 0 Å². The van der Waals surface area contributed by atoms with E-state index in [0.717, 1.165) is 15.8 Å². The number of H-pyrrole nitrogens is 1. The standard InChI is InChI=1S/C14H17BrN4O2/c1-7(2)21-11-5-4-9(6-10(11)15)13-12(14(20)17-16)8(3)18-19-13/h4-7H,16H2,1-3H3,(H,17,20)(H,18,19).